The van der Waals surface area contributed by atoms with Gasteiger partial charge in [-0.15, -0.1) is 0 Å². The molecule has 3 aromatic heterocycles. The summed E-state index contributed by atoms with van der Waals surface area (Å²) in [6.45, 7) is 1.76. The maximum absolute atomic E-state index is 15.1. The predicted octanol–water partition coefficient (Wildman–Crippen LogP) is 0.684. The Morgan fingerprint density at radius 3 is 2.71 bits per heavy atom. The van der Waals surface area contributed by atoms with E-state index in [9.17, 15) is 13.2 Å². The van der Waals surface area contributed by atoms with E-state index < -0.39 is 33.6 Å². The van der Waals surface area contributed by atoms with Crippen molar-refractivity contribution in [2.24, 2.45) is 0 Å². The predicted molar refractivity (Wildman–Crippen MR) is 125 cm³/mol. The molecule has 1 fully saturated rings. The summed E-state index contributed by atoms with van der Waals surface area (Å²) in [6, 6.07) is 3.16. The fraction of sp³-hybridized carbons (Fsp3) is 0.304. The van der Waals surface area contributed by atoms with Crippen molar-refractivity contribution in [1.82, 2.24) is 19.7 Å². The summed E-state index contributed by atoms with van der Waals surface area (Å²) in [5, 5.41) is 0.720. The van der Waals surface area contributed by atoms with Gasteiger partial charge in [-0.05, 0) is 49.1 Å². The first-order valence-electron chi connectivity index (χ1n) is 11.0. The largest absolute Gasteiger partial charge is 0.455 e. The summed E-state index contributed by atoms with van der Waals surface area (Å²) in [6.07, 6.45) is 9.49. The Labute approximate surface area is 199 Å². The highest BCUT2D eigenvalue weighted by molar-refractivity contribution is 7.90. The highest BCUT2D eigenvalue weighted by Crippen LogP contribution is 2.22. The van der Waals surface area contributed by atoms with E-state index in [4.69, 9.17) is 9.15 Å². The molecule has 0 aromatic carbocycles. The number of nitrogens with zero attached hydrogens (tertiary/aromatic N) is 3. The third-order valence-electron chi connectivity index (χ3n) is 5.73. The molecule has 2 aliphatic rings. The first-order chi connectivity index (χ1) is 16.8. The van der Waals surface area contributed by atoms with Crippen molar-refractivity contribution >= 4 is 28.2 Å². The number of pyridine rings is 1. The Balaban J connectivity index is 1.41. The lowest BCUT2D eigenvalue weighted by Gasteiger charge is -2.16. The van der Waals surface area contributed by atoms with Crippen molar-refractivity contribution in [3.8, 4) is 6.01 Å². The van der Waals surface area contributed by atoms with Crippen LogP contribution < -0.4 is 30.4 Å². The van der Waals surface area contributed by atoms with Gasteiger partial charge in [0, 0.05) is 48.3 Å². The van der Waals surface area contributed by atoms with E-state index in [1.165, 1.54) is 12.3 Å². The third kappa shape index (κ3) is 5.23. The van der Waals surface area contributed by atoms with Crippen molar-refractivity contribution in [2.75, 3.05) is 4.72 Å². The Morgan fingerprint density at radius 2 is 1.97 bits per heavy atom. The first kappa shape index (κ1) is 23.1. The van der Waals surface area contributed by atoms with Crippen molar-refractivity contribution < 1.29 is 22.0 Å². The van der Waals surface area contributed by atoms with Crippen LogP contribution in [-0.2, 0) is 16.6 Å². The van der Waals surface area contributed by atoms with Crippen LogP contribution in [0.15, 0.2) is 39.9 Å². The van der Waals surface area contributed by atoms with E-state index in [0.717, 1.165) is 18.1 Å². The van der Waals surface area contributed by atoms with Gasteiger partial charge in [-0.2, -0.15) is 13.1 Å². The number of anilines is 1. The minimum absolute atomic E-state index is 0.0911. The SMILES string of the molecule is Cc1c(Cc2ccnc(NS(=O)(=O)NC3CC3)c2F)c(=O)oc2c1=CCC(Oc1ncccn1)C=2. The van der Waals surface area contributed by atoms with Gasteiger partial charge in [0.2, 0.25) is 0 Å². The van der Waals surface area contributed by atoms with Crippen molar-refractivity contribution in [1.29, 1.82) is 0 Å². The van der Waals surface area contributed by atoms with Gasteiger partial charge in [0.1, 0.15) is 11.5 Å². The molecule has 3 aromatic rings. The monoisotopic (exact) mass is 499 g/mol. The second-order valence-corrected chi connectivity index (χ2v) is 9.82. The van der Waals surface area contributed by atoms with Gasteiger partial charge in [0.05, 0.1) is 0 Å². The molecule has 0 spiro atoms. The number of aromatic nitrogens is 3. The molecule has 2 aliphatic carbocycles. The van der Waals surface area contributed by atoms with Crippen molar-refractivity contribution in [2.45, 2.75) is 44.8 Å². The molecule has 0 radical (unpaired) electrons. The van der Waals surface area contributed by atoms with Gasteiger partial charge in [-0.1, -0.05) is 6.08 Å². The molecule has 2 N–H and O–H groups in total. The van der Waals surface area contributed by atoms with Gasteiger partial charge in [0.25, 0.3) is 0 Å². The number of nitrogens with one attached hydrogen (secondary N) is 2. The lowest BCUT2D eigenvalue weighted by atomic mass is 9.99. The maximum atomic E-state index is 15.1. The van der Waals surface area contributed by atoms with E-state index in [0.29, 0.717) is 17.4 Å². The van der Waals surface area contributed by atoms with E-state index in [2.05, 4.69) is 24.4 Å². The smallest absolute Gasteiger partial charge is 0.340 e. The van der Waals surface area contributed by atoms with E-state index in [-0.39, 0.29) is 29.6 Å². The molecule has 10 nitrogen and oxygen atoms in total. The Morgan fingerprint density at radius 1 is 1.20 bits per heavy atom. The minimum atomic E-state index is -3.95. The molecule has 0 bridgehead atoms. The van der Waals surface area contributed by atoms with E-state index >= 15 is 4.39 Å². The van der Waals surface area contributed by atoms with E-state index in [1.54, 1.807) is 31.5 Å². The van der Waals surface area contributed by atoms with Crippen LogP contribution in [0.3, 0.4) is 0 Å². The normalized spacial score (nSPS) is 17.1. The number of fused-ring (bicyclic) bond motifs is 1. The standard InChI is InChI=1S/C23H22FN5O5S/c1-13-17-6-5-16(33-23-26-8-2-9-27-23)12-19(17)34-22(30)18(13)11-14-7-10-25-21(20(14)24)29-35(31,32)28-15-3-4-15/h2,6-10,12,15-16,28H,3-5,11H2,1H3,(H,25,29). The molecule has 3 heterocycles. The van der Waals surface area contributed by atoms with Gasteiger partial charge in [0.15, 0.2) is 11.6 Å². The average Bonchev–Trinajstić information content (AvgIpc) is 3.62. The Kier molecular flexibility index (Phi) is 6.07. The van der Waals surface area contributed by atoms with Crippen LogP contribution in [0.5, 0.6) is 6.01 Å². The zero-order chi connectivity index (χ0) is 24.6. The Bertz CT molecular complexity index is 1560. The summed E-state index contributed by atoms with van der Waals surface area (Å²) >= 11 is 0. The molecule has 0 amide bonds. The summed E-state index contributed by atoms with van der Waals surface area (Å²) in [7, 11) is -3.95. The van der Waals surface area contributed by atoms with Crippen molar-refractivity contribution in [3.63, 3.8) is 0 Å². The molecule has 12 heteroatoms. The zero-order valence-electron chi connectivity index (χ0n) is 18.7. The molecular weight excluding hydrogens is 477 g/mol. The highest BCUT2D eigenvalue weighted by atomic mass is 32.2. The molecule has 182 valence electrons. The van der Waals surface area contributed by atoms with Gasteiger partial charge in [-0.25, -0.2) is 24.1 Å². The lowest BCUT2D eigenvalue weighted by Crippen LogP contribution is -2.39. The first-order valence-corrected chi connectivity index (χ1v) is 12.5. The van der Waals surface area contributed by atoms with Crippen LogP contribution in [0, 0.1) is 12.7 Å². The van der Waals surface area contributed by atoms with Crippen molar-refractivity contribution in [3.05, 3.63) is 74.3 Å². The molecule has 0 saturated heterocycles. The average molecular weight is 500 g/mol. The second kappa shape index (κ2) is 9.19. The summed E-state index contributed by atoms with van der Waals surface area (Å²) < 4.78 is 55.2. The molecule has 0 aliphatic heterocycles. The second-order valence-electron chi connectivity index (χ2n) is 8.37. The number of halogens is 1. The third-order valence-corrected chi connectivity index (χ3v) is 6.83. The molecule has 35 heavy (non-hydrogen) atoms. The highest BCUT2D eigenvalue weighted by Gasteiger charge is 2.28. The molecule has 1 atom stereocenters. The molecule has 1 unspecified atom stereocenters. The van der Waals surface area contributed by atoms with E-state index in [1.807, 2.05) is 6.08 Å². The van der Waals surface area contributed by atoms with Gasteiger partial charge >= 0.3 is 21.8 Å². The van der Waals surface area contributed by atoms with Crippen LogP contribution in [-0.4, -0.2) is 35.5 Å². The summed E-state index contributed by atoms with van der Waals surface area (Å²) in [4.78, 5) is 24.7. The lowest BCUT2D eigenvalue weighted by molar-refractivity contribution is 0.245. The number of ether oxygens (including phenoxy) is 1. The summed E-state index contributed by atoms with van der Waals surface area (Å²) in [5.41, 5.74) is 0.779. The maximum Gasteiger partial charge on any atom is 0.340 e. The fourth-order valence-corrected chi connectivity index (χ4v) is 4.92. The van der Waals surface area contributed by atoms with Crippen LogP contribution in [0.4, 0.5) is 10.2 Å². The number of hydrogen-bond acceptors (Lipinski definition) is 8. The van der Waals surface area contributed by atoms with Crippen LogP contribution in [0.2, 0.25) is 0 Å². The van der Waals surface area contributed by atoms with Gasteiger partial charge < -0.3 is 9.15 Å². The quantitative estimate of drug-likeness (QED) is 0.462. The Hall–Kier alpha value is -3.64. The summed E-state index contributed by atoms with van der Waals surface area (Å²) in [5.74, 6) is -1.28. The van der Waals surface area contributed by atoms with Gasteiger partial charge in [-0.3, -0.25) is 4.72 Å². The topological polar surface area (TPSA) is 136 Å². The zero-order valence-corrected chi connectivity index (χ0v) is 19.5. The fourth-order valence-electron chi connectivity index (χ4n) is 3.79. The van der Waals surface area contributed by atoms with Crippen LogP contribution >= 0.6 is 0 Å². The molecular formula is C23H22FN5O5S. The van der Waals surface area contributed by atoms with Crippen LogP contribution in [0.1, 0.15) is 36.0 Å². The molecule has 5 rings (SSSR count). The number of hydrogen-bond donors (Lipinski definition) is 2. The van der Waals surface area contributed by atoms with Crippen LogP contribution in [0.25, 0.3) is 12.2 Å². The minimum Gasteiger partial charge on any atom is -0.455 e. The number of rotatable bonds is 8. The molecule has 1 saturated carbocycles.